The average molecular weight is 1510 g/mol. The van der Waals surface area contributed by atoms with Gasteiger partial charge in [-0.25, -0.2) is 9.97 Å². The summed E-state index contributed by atoms with van der Waals surface area (Å²) in [4.78, 5) is 48.1. The van der Waals surface area contributed by atoms with Crippen molar-refractivity contribution in [1.29, 1.82) is 0 Å². The zero-order valence-corrected chi connectivity index (χ0v) is 63.4. The maximum atomic E-state index is 5.04. The number of aromatic nitrogens is 14. The highest BCUT2D eigenvalue weighted by Gasteiger charge is 2.24. The summed E-state index contributed by atoms with van der Waals surface area (Å²) in [6.07, 6.45) is 7.00. The smallest absolute Gasteiger partial charge is 0.238 e. The summed E-state index contributed by atoms with van der Waals surface area (Å²) in [6, 6.07) is 132. The Morgan fingerprint density at radius 3 is 0.729 bits per heavy atom. The minimum atomic E-state index is 0.481. The number of hydrogen-bond acceptors (Lipinski definition) is 10. The molecule has 118 heavy (non-hydrogen) atoms. The first kappa shape index (κ1) is 68.5. The number of pyridine rings is 4. The Morgan fingerprint density at radius 2 is 0.407 bits per heavy atom. The van der Waals surface area contributed by atoms with Gasteiger partial charge in [0.1, 0.15) is 22.8 Å². The average Bonchev–Trinajstić information content (AvgIpc) is 1.59. The Balaban J connectivity index is 0.000000143. The minimum absolute atomic E-state index is 0.481. The van der Waals surface area contributed by atoms with Crippen LogP contribution in [0.5, 0.6) is 0 Å². The SMILES string of the molecule is c1ccc(-c2cc(-c3ccccc3)cc(-n3c4ccccc4c4cc(-c5ccc6c(c5)c5ccccc5n6-c5nc(-c6ccccn6)nc(-c6ccccn6)n5)ccc43)c2)cc1.c1ccc(-c2ccc(-n3c4ccccc4c4cc(-c5ccc6c(c5)c5ccccc5n6-c5nc(-c6ccccn6)nc(-c6ccccn6)n5)ccc43)cc2)cc1. The summed E-state index contributed by atoms with van der Waals surface area (Å²) in [5, 5.41) is 9.26. The lowest BCUT2D eigenvalue weighted by Crippen LogP contribution is -2.07. The summed E-state index contributed by atoms with van der Waals surface area (Å²) in [7, 11) is 0. The molecule has 0 spiro atoms. The molecular weight excluding hydrogens is 1450 g/mol. The lowest BCUT2D eigenvalue weighted by Gasteiger charge is -2.14. The predicted octanol–water partition coefficient (Wildman–Crippen LogP) is 24.7. The van der Waals surface area contributed by atoms with Crippen LogP contribution in [0.3, 0.4) is 0 Å². The maximum Gasteiger partial charge on any atom is 0.238 e. The van der Waals surface area contributed by atoms with Crippen LogP contribution in [0.4, 0.5) is 0 Å². The van der Waals surface area contributed by atoms with Crippen LogP contribution in [0.25, 0.3) is 212 Å². The monoisotopic (exact) mass is 1510 g/mol. The molecule has 23 aromatic rings. The molecule has 14 nitrogen and oxygen atoms in total. The van der Waals surface area contributed by atoms with E-state index in [2.05, 4.69) is 342 Å². The molecular formula is C104H66N14. The molecule has 0 aliphatic rings. The van der Waals surface area contributed by atoms with E-state index in [0.29, 0.717) is 58.0 Å². The molecule has 0 saturated heterocycles. The Labute approximate surface area is 677 Å². The van der Waals surface area contributed by atoms with Crippen molar-refractivity contribution in [2.24, 2.45) is 0 Å². The van der Waals surface area contributed by atoms with Crippen molar-refractivity contribution < 1.29 is 0 Å². The summed E-state index contributed by atoms with van der Waals surface area (Å²) in [6.45, 7) is 0. The molecule has 0 bridgehead atoms. The fourth-order valence-electron chi connectivity index (χ4n) is 16.7. The third-order valence-corrected chi connectivity index (χ3v) is 22.2. The molecule has 552 valence electrons. The second kappa shape index (κ2) is 29.0. The van der Waals surface area contributed by atoms with Crippen molar-refractivity contribution in [3.05, 3.63) is 401 Å². The molecule has 0 aliphatic heterocycles. The minimum Gasteiger partial charge on any atom is -0.309 e. The van der Waals surface area contributed by atoms with E-state index in [1.54, 1.807) is 24.8 Å². The highest BCUT2D eigenvalue weighted by atomic mass is 15.2. The topological polar surface area (TPSA) is 149 Å². The van der Waals surface area contributed by atoms with Gasteiger partial charge in [-0.1, -0.05) is 224 Å². The molecule has 10 heterocycles. The number of nitrogens with zero attached hydrogens (tertiary/aromatic N) is 14. The van der Waals surface area contributed by atoms with Crippen molar-refractivity contribution in [2.75, 3.05) is 0 Å². The fourth-order valence-corrected chi connectivity index (χ4v) is 16.7. The van der Waals surface area contributed by atoms with Crippen LogP contribution >= 0.6 is 0 Å². The van der Waals surface area contributed by atoms with Gasteiger partial charge in [-0.3, -0.25) is 29.1 Å². The molecule has 0 N–H and O–H groups in total. The quantitative estimate of drug-likeness (QED) is 0.109. The van der Waals surface area contributed by atoms with Gasteiger partial charge in [0.25, 0.3) is 0 Å². The Morgan fingerprint density at radius 1 is 0.153 bits per heavy atom. The molecule has 10 aromatic heterocycles. The van der Waals surface area contributed by atoms with Crippen molar-refractivity contribution in [3.8, 4) is 125 Å². The van der Waals surface area contributed by atoms with Gasteiger partial charge in [0.2, 0.25) is 11.9 Å². The first-order valence-corrected chi connectivity index (χ1v) is 39.2. The van der Waals surface area contributed by atoms with Gasteiger partial charge in [-0.05, 0) is 207 Å². The first-order valence-electron chi connectivity index (χ1n) is 39.2. The van der Waals surface area contributed by atoms with Gasteiger partial charge in [0, 0.05) is 79.3 Å². The summed E-state index contributed by atoms with van der Waals surface area (Å²) >= 11 is 0. The molecule has 23 rings (SSSR count). The van der Waals surface area contributed by atoms with Gasteiger partial charge in [0.15, 0.2) is 23.3 Å². The summed E-state index contributed by atoms with van der Waals surface area (Å²) < 4.78 is 9.03. The number of hydrogen-bond donors (Lipinski definition) is 0. The largest absolute Gasteiger partial charge is 0.309 e. The van der Waals surface area contributed by atoms with Crippen molar-refractivity contribution in [1.82, 2.24) is 68.1 Å². The lowest BCUT2D eigenvalue weighted by molar-refractivity contribution is 0.943. The molecule has 0 aliphatic carbocycles. The van der Waals surface area contributed by atoms with E-state index in [1.807, 2.05) is 72.8 Å². The van der Waals surface area contributed by atoms with E-state index < -0.39 is 0 Å². The van der Waals surface area contributed by atoms with Crippen LogP contribution in [0.15, 0.2) is 401 Å². The Kier molecular flexibility index (Phi) is 16.8. The molecule has 14 heteroatoms. The van der Waals surface area contributed by atoms with Crippen LogP contribution in [-0.2, 0) is 0 Å². The van der Waals surface area contributed by atoms with Crippen molar-refractivity contribution in [3.63, 3.8) is 0 Å². The van der Waals surface area contributed by atoms with Crippen LogP contribution in [-0.4, -0.2) is 68.1 Å². The van der Waals surface area contributed by atoms with Crippen LogP contribution in [0.1, 0.15) is 0 Å². The molecule has 0 unspecified atom stereocenters. The number of para-hydroxylation sites is 4. The van der Waals surface area contributed by atoms with Crippen molar-refractivity contribution >= 4 is 87.2 Å². The van der Waals surface area contributed by atoms with E-state index in [0.717, 1.165) is 88.3 Å². The summed E-state index contributed by atoms with van der Waals surface area (Å²) in [5.41, 5.74) is 25.2. The normalized spacial score (nSPS) is 11.6. The van der Waals surface area contributed by atoms with E-state index in [9.17, 15) is 0 Å². The van der Waals surface area contributed by atoms with E-state index >= 15 is 0 Å². The van der Waals surface area contributed by atoms with Crippen LogP contribution in [0, 0.1) is 0 Å². The lowest BCUT2D eigenvalue weighted by atomic mass is 9.98. The number of benzene rings is 13. The zero-order valence-electron chi connectivity index (χ0n) is 63.4. The second-order valence-corrected chi connectivity index (χ2v) is 29.2. The summed E-state index contributed by atoms with van der Waals surface area (Å²) in [5.74, 6) is 2.94. The molecule has 0 atom stereocenters. The standard InChI is InChI=1S/C55H35N7.C49H31N7/c1-3-15-36(16-4-1)40-31-41(37-17-5-2-6-18-37)33-42(32-40)61-49-23-9-7-19-43(49)45-34-38(25-27-51(45)61)39-26-28-52-46(35-39)44-20-8-10-24-50(44)62(52)55-59-53(47-21-11-13-29-56-47)58-54(60-55)48-22-12-14-30-57-48;1-2-12-32(13-3-1)33-20-24-36(25-21-33)55-43-18-6-4-14-37(43)39-30-34(22-26-45(39)55)35-23-27-46-40(31-35)38-15-5-7-19-44(38)56(46)49-53-47(41-16-8-10-28-50-41)52-48(54-49)42-17-9-11-29-51-42/h1-35H;1-31H. The highest BCUT2D eigenvalue weighted by Crippen LogP contribution is 2.43. The van der Waals surface area contributed by atoms with Gasteiger partial charge >= 0.3 is 0 Å². The number of rotatable bonds is 13. The van der Waals surface area contributed by atoms with Crippen LogP contribution < -0.4 is 0 Å². The first-order chi connectivity index (χ1) is 58.5. The molecule has 0 amide bonds. The molecule has 0 fully saturated rings. The molecule has 0 radical (unpaired) electrons. The van der Waals surface area contributed by atoms with Crippen LogP contribution in [0.2, 0.25) is 0 Å². The highest BCUT2D eigenvalue weighted by molar-refractivity contribution is 6.15. The third-order valence-electron chi connectivity index (χ3n) is 22.2. The second-order valence-electron chi connectivity index (χ2n) is 29.2. The number of fused-ring (bicyclic) bond motifs is 12. The molecule has 13 aromatic carbocycles. The van der Waals surface area contributed by atoms with Gasteiger partial charge in [-0.15, -0.1) is 0 Å². The zero-order chi connectivity index (χ0) is 78.0. The predicted molar refractivity (Wildman–Crippen MR) is 477 cm³/mol. The Hall–Kier alpha value is -16.3. The fraction of sp³-hybridized carbons (Fsp3) is 0. The maximum absolute atomic E-state index is 5.04. The van der Waals surface area contributed by atoms with Gasteiger partial charge < -0.3 is 9.13 Å². The van der Waals surface area contributed by atoms with E-state index in [4.69, 9.17) is 29.9 Å². The molecule has 0 saturated carbocycles. The van der Waals surface area contributed by atoms with Crippen molar-refractivity contribution in [2.45, 2.75) is 0 Å². The van der Waals surface area contributed by atoms with E-state index in [-0.39, 0.29) is 0 Å². The van der Waals surface area contributed by atoms with E-state index in [1.165, 1.54) is 66.0 Å². The van der Waals surface area contributed by atoms with Gasteiger partial charge in [0.05, 0.1) is 44.1 Å². The third kappa shape index (κ3) is 12.2. The Bertz CT molecular complexity index is 7350. The van der Waals surface area contributed by atoms with Gasteiger partial charge in [-0.2, -0.15) is 19.9 Å².